The van der Waals surface area contributed by atoms with Crippen LogP contribution in [0.3, 0.4) is 0 Å². The third-order valence-electron chi connectivity index (χ3n) is 3.62. The molecule has 23 heavy (non-hydrogen) atoms. The Morgan fingerprint density at radius 3 is 2.43 bits per heavy atom. The molecule has 0 saturated heterocycles. The number of hydrogen-bond acceptors (Lipinski definition) is 2. The zero-order valence-electron chi connectivity index (χ0n) is 13.0. The first-order chi connectivity index (χ1) is 11.2. The fraction of sp³-hybridized carbons (Fsp3) is 0.100. The number of aryl methyl sites for hydroxylation is 1. The number of aromatic nitrogens is 1. The van der Waals surface area contributed by atoms with Crippen molar-refractivity contribution in [2.24, 2.45) is 0 Å². The smallest absolute Gasteiger partial charge is 0.259 e. The number of amides is 1. The van der Waals surface area contributed by atoms with E-state index in [1.807, 2.05) is 79.7 Å². The highest BCUT2D eigenvalue weighted by atomic mass is 16.2. The van der Waals surface area contributed by atoms with Crippen molar-refractivity contribution < 1.29 is 4.79 Å². The van der Waals surface area contributed by atoms with Crippen molar-refractivity contribution in [1.82, 2.24) is 4.98 Å². The second kappa shape index (κ2) is 6.88. The molecule has 3 nitrogen and oxygen atoms in total. The number of pyridine rings is 1. The Balaban J connectivity index is 1.96. The third-order valence-corrected chi connectivity index (χ3v) is 3.62. The molecule has 2 aromatic carbocycles. The van der Waals surface area contributed by atoms with Crippen LogP contribution in [-0.2, 0) is 6.54 Å². The summed E-state index contributed by atoms with van der Waals surface area (Å²) in [6.45, 7) is 2.48. The molecule has 0 unspecified atom stereocenters. The molecule has 0 spiro atoms. The number of benzene rings is 2. The summed E-state index contributed by atoms with van der Waals surface area (Å²) in [5, 5.41) is 0. The average Bonchev–Trinajstić information content (AvgIpc) is 2.61. The Hall–Kier alpha value is -2.94. The van der Waals surface area contributed by atoms with E-state index in [1.165, 1.54) is 0 Å². The van der Waals surface area contributed by atoms with Crippen LogP contribution in [-0.4, -0.2) is 10.9 Å². The Kier molecular flexibility index (Phi) is 4.48. The molecule has 0 fully saturated rings. The number of anilines is 1. The maximum atomic E-state index is 13.0. The molecular weight excluding hydrogens is 284 g/mol. The van der Waals surface area contributed by atoms with E-state index in [0.29, 0.717) is 17.9 Å². The van der Waals surface area contributed by atoms with Crippen molar-refractivity contribution in [2.75, 3.05) is 4.90 Å². The minimum absolute atomic E-state index is 0.0451. The van der Waals surface area contributed by atoms with Gasteiger partial charge in [-0.3, -0.25) is 9.69 Å². The summed E-state index contributed by atoms with van der Waals surface area (Å²) in [5.41, 5.74) is 2.81. The highest BCUT2D eigenvalue weighted by molar-refractivity contribution is 6.05. The van der Waals surface area contributed by atoms with Crippen LogP contribution in [0, 0.1) is 6.92 Å². The Bertz CT molecular complexity index is 785. The standard InChI is InChI=1S/C20H18N2O/c1-16-8-7-11-18(14-16)20(23)22(19-12-5-6-13-21-19)15-17-9-3-2-4-10-17/h2-14H,15H2,1H3. The summed E-state index contributed by atoms with van der Waals surface area (Å²) in [5.74, 6) is 0.610. The SMILES string of the molecule is Cc1cccc(C(=O)N(Cc2ccccc2)c2ccccn2)c1. The molecule has 0 aliphatic heterocycles. The molecule has 1 amide bonds. The zero-order valence-corrected chi connectivity index (χ0v) is 13.0. The Morgan fingerprint density at radius 2 is 1.74 bits per heavy atom. The second-order valence-electron chi connectivity index (χ2n) is 5.43. The number of hydrogen-bond donors (Lipinski definition) is 0. The topological polar surface area (TPSA) is 33.2 Å². The van der Waals surface area contributed by atoms with E-state index >= 15 is 0 Å². The van der Waals surface area contributed by atoms with Gasteiger partial charge in [0, 0.05) is 11.8 Å². The van der Waals surface area contributed by atoms with E-state index < -0.39 is 0 Å². The first kappa shape index (κ1) is 15.0. The van der Waals surface area contributed by atoms with Gasteiger partial charge in [0.15, 0.2) is 0 Å². The van der Waals surface area contributed by atoms with E-state index in [2.05, 4.69) is 4.98 Å². The summed E-state index contributed by atoms with van der Waals surface area (Å²) in [4.78, 5) is 19.0. The minimum atomic E-state index is -0.0451. The normalized spacial score (nSPS) is 10.3. The van der Waals surface area contributed by atoms with Gasteiger partial charge >= 0.3 is 0 Å². The van der Waals surface area contributed by atoms with Gasteiger partial charge in [-0.05, 0) is 36.8 Å². The predicted molar refractivity (Wildman–Crippen MR) is 92.4 cm³/mol. The Labute approximate surface area is 136 Å². The maximum Gasteiger partial charge on any atom is 0.259 e. The number of rotatable bonds is 4. The molecule has 3 aromatic rings. The lowest BCUT2D eigenvalue weighted by Gasteiger charge is -2.22. The van der Waals surface area contributed by atoms with Gasteiger partial charge in [0.25, 0.3) is 5.91 Å². The second-order valence-corrected chi connectivity index (χ2v) is 5.43. The molecule has 0 bridgehead atoms. The van der Waals surface area contributed by atoms with Crippen molar-refractivity contribution in [3.8, 4) is 0 Å². The van der Waals surface area contributed by atoms with Gasteiger partial charge in [-0.15, -0.1) is 0 Å². The summed E-state index contributed by atoms with van der Waals surface area (Å²) in [6, 6.07) is 23.2. The number of carbonyl (C=O) groups is 1. The Morgan fingerprint density at radius 1 is 0.957 bits per heavy atom. The molecular formula is C20H18N2O. The third kappa shape index (κ3) is 3.64. The molecule has 1 heterocycles. The van der Waals surface area contributed by atoms with Gasteiger partial charge in [0.2, 0.25) is 0 Å². The molecule has 1 aromatic heterocycles. The molecule has 0 radical (unpaired) electrons. The van der Waals surface area contributed by atoms with E-state index in [0.717, 1.165) is 11.1 Å². The number of carbonyl (C=O) groups excluding carboxylic acids is 1. The van der Waals surface area contributed by atoms with E-state index in [-0.39, 0.29) is 5.91 Å². The average molecular weight is 302 g/mol. The molecule has 0 aliphatic rings. The van der Waals surface area contributed by atoms with Crippen LogP contribution < -0.4 is 4.90 Å². The van der Waals surface area contributed by atoms with Crippen molar-refractivity contribution in [3.63, 3.8) is 0 Å². The van der Waals surface area contributed by atoms with Crippen LogP contribution in [0.2, 0.25) is 0 Å². The fourth-order valence-electron chi connectivity index (χ4n) is 2.47. The summed E-state index contributed by atoms with van der Waals surface area (Å²) >= 11 is 0. The van der Waals surface area contributed by atoms with Gasteiger partial charge in [-0.1, -0.05) is 54.1 Å². The van der Waals surface area contributed by atoms with Gasteiger partial charge in [-0.25, -0.2) is 4.98 Å². The first-order valence-corrected chi connectivity index (χ1v) is 7.57. The largest absolute Gasteiger partial charge is 0.288 e. The summed E-state index contributed by atoms with van der Waals surface area (Å²) in [7, 11) is 0. The van der Waals surface area contributed by atoms with Crippen molar-refractivity contribution in [2.45, 2.75) is 13.5 Å². The van der Waals surface area contributed by atoms with Gasteiger partial charge in [0.1, 0.15) is 5.82 Å². The summed E-state index contributed by atoms with van der Waals surface area (Å²) < 4.78 is 0. The van der Waals surface area contributed by atoms with Crippen LogP contribution in [0.25, 0.3) is 0 Å². The lowest BCUT2D eigenvalue weighted by atomic mass is 10.1. The van der Waals surface area contributed by atoms with E-state index in [9.17, 15) is 4.79 Å². The lowest BCUT2D eigenvalue weighted by Crippen LogP contribution is -2.31. The maximum absolute atomic E-state index is 13.0. The van der Waals surface area contributed by atoms with Crippen molar-refractivity contribution >= 4 is 11.7 Å². The molecule has 0 N–H and O–H groups in total. The minimum Gasteiger partial charge on any atom is -0.288 e. The van der Waals surface area contributed by atoms with Gasteiger partial charge < -0.3 is 0 Å². The monoisotopic (exact) mass is 302 g/mol. The van der Waals surface area contributed by atoms with Gasteiger partial charge in [0.05, 0.1) is 6.54 Å². The highest BCUT2D eigenvalue weighted by Gasteiger charge is 2.19. The van der Waals surface area contributed by atoms with E-state index in [4.69, 9.17) is 0 Å². The molecule has 114 valence electrons. The molecule has 3 heteroatoms. The fourth-order valence-corrected chi connectivity index (χ4v) is 2.47. The van der Waals surface area contributed by atoms with Crippen LogP contribution in [0.1, 0.15) is 21.5 Å². The quantitative estimate of drug-likeness (QED) is 0.722. The lowest BCUT2D eigenvalue weighted by molar-refractivity contribution is 0.0984. The van der Waals surface area contributed by atoms with Crippen molar-refractivity contribution in [3.05, 3.63) is 95.7 Å². The summed E-state index contributed by atoms with van der Waals surface area (Å²) in [6.07, 6.45) is 1.71. The molecule has 0 saturated carbocycles. The zero-order chi connectivity index (χ0) is 16.1. The van der Waals surface area contributed by atoms with Gasteiger partial charge in [-0.2, -0.15) is 0 Å². The first-order valence-electron chi connectivity index (χ1n) is 7.57. The van der Waals surface area contributed by atoms with Crippen LogP contribution in [0.4, 0.5) is 5.82 Å². The van der Waals surface area contributed by atoms with Crippen LogP contribution in [0.15, 0.2) is 79.0 Å². The van der Waals surface area contributed by atoms with E-state index in [1.54, 1.807) is 11.1 Å². The highest BCUT2D eigenvalue weighted by Crippen LogP contribution is 2.18. The van der Waals surface area contributed by atoms with Crippen molar-refractivity contribution in [1.29, 1.82) is 0 Å². The molecule has 0 atom stereocenters. The molecule has 0 aliphatic carbocycles. The van der Waals surface area contributed by atoms with Crippen LogP contribution in [0.5, 0.6) is 0 Å². The van der Waals surface area contributed by atoms with Crippen LogP contribution >= 0.6 is 0 Å². The number of nitrogens with zero attached hydrogens (tertiary/aromatic N) is 2. The predicted octanol–water partition coefficient (Wildman–Crippen LogP) is 4.24. The molecule has 3 rings (SSSR count).